The topological polar surface area (TPSA) is 88.1 Å². The molecule has 1 aromatic carbocycles. The molecule has 1 spiro atoms. The molecule has 0 saturated carbocycles. The number of aliphatic imine (C=N–C) groups is 1. The van der Waals surface area contributed by atoms with Crippen molar-refractivity contribution in [3.63, 3.8) is 0 Å². The number of anilines is 2. The van der Waals surface area contributed by atoms with E-state index in [1.54, 1.807) is 38.6 Å². The van der Waals surface area contributed by atoms with Gasteiger partial charge in [-0.2, -0.15) is 0 Å². The number of hydrogen-bond donors (Lipinski definition) is 2. The SMILES string of the molecule is COc1ccc(C(=O)N2CCC3(C2)Nc2cccnc2NC3=NC(C)(C)C)cc1OC. The molecular weight excluding hydrogens is 394 g/mol. The number of rotatable bonds is 3. The van der Waals surface area contributed by atoms with Crippen molar-refractivity contribution in [3.05, 3.63) is 42.1 Å². The van der Waals surface area contributed by atoms with E-state index in [1.165, 1.54) is 0 Å². The third-order valence-corrected chi connectivity index (χ3v) is 5.51. The first-order valence-corrected chi connectivity index (χ1v) is 10.4. The van der Waals surface area contributed by atoms with Gasteiger partial charge >= 0.3 is 0 Å². The molecule has 2 aliphatic rings. The molecule has 0 aliphatic carbocycles. The summed E-state index contributed by atoms with van der Waals surface area (Å²) >= 11 is 0. The van der Waals surface area contributed by atoms with Gasteiger partial charge in [0.05, 0.1) is 32.0 Å². The molecule has 4 rings (SSSR count). The first kappa shape index (κ1) is 21.0. The van der Waals surface area contributed by atoms with Crippen molar-refractivity contribution in [1.29, 1.82) is 0 Å². The quantitative estimate of drug-likeness (QED) is 0.787. The molecule has 1 amide bonds. The molecule has 3 heterocycles. The second-order valence-corrected chi connectivity index (χ2v) is 8.91. The largest absolute Gasteiger partial charge is 0.493 e. The minimum Gasteiger partial charge on any atom is -0.493 e. The van der Waals surface area contributed by atoms with E-state index in [-0.39, 0.29) is 11.4 Å². The van der Waals surface area contributed by atoms with E-state index in [0.29, 0.717) is 30.2 Å². The summed E-state index contributed by atoms with van der Waals surface area (Å²) in [6, 6.07) is 9.14. The fourth-order valence-corrected chi connectivity index (χ4v) is 4.06. The summed E-state index contributed by atoms with van der Waals surface area (Å²) in [5.41, 5.74) is 0.713. The number of fused-ring (bicyclic) bond motifs is 1. The molecule has 2 aromatic rings. The number of methoxy groups -OCH3 is 2. The van der Waals surface area contributed by atoms with Gasteiger partial charge in [0.2, 0.25) is 0 Å². The van der Waals surface area contributed by atoms with E-state index < -0.39 is 5.54 Å². The molecule has 31 heavy (non-hydrogen) atoms. The predicted molar refractivity (Wildman–Crippen MR) is 121 cm³/mol. The molecule has 0 bridgehead atoms. The van der Waals surface area contributed by atoms with Crippen molar-refractivity contribution in [3.8, 4) is 11.5 Å². The average Bonchev–Trinajstić information content (AvgIpc) is 3.17. The Hall–Kier alpha value is -3.29. The smallest absolute Gasteiger partial charge is 0.254 e. The third-order valence-electron chi connectivity index (χ3n) is 5.51. The van der Waals surface area contributed by atoms with Crippen molar-refractivity contribution < 1.29 is 14.3 Å². The van der Waals surface area contributed by atoms with Gasteiger partial charge in [-0.1, -0.05) is 0 Å². The van der Waals surface area contributed by atoms with Crippen LogP contribution in [0.3, 0.4) is 0 Å². The van der Waals surface area contributed by atoms with E-state index in [0.717, 1.165) is 23.8 Å². The first-order valence-electron chi connectivity index (χ1n) is 10.4. The number of likely N-dealkylation sites (tertiary alicyclic amines) is 1. The molecular formula is C23H29N5O3. The molecule has 1 unspecified atom stereocenters. The number of carbonyl (C=O) groups is 1. The molecule has 1 fully saturated rings. The van der Waals surface area contributed by atoms with Gasteiger partial charge in [0.25, 0.3) is 5.91 Å². The molecule has 0 radical (unpaired) electrons. The van der Waals surface area contributed by atoms with Gasteiger partial charge in [0.1, 0.15) is 11.4 Å². The van der Waals surface area contributed by atoms with Gasteiger partial charge in [-0.05, 0) is 57.5 Å². The monoisotopic (exact) mass is 423 g/mol. The normalized spacial score (nSPS) is 21.5. The Morgan fingerprint density at radius 2 is 1.97 bits per heavy atom. The maximum Gasteiger partial charge on any atom is 0.254 e. The lowest BCUT2D eigenvalue weighted by Gasteiger charge is -2.39. The van der Waals surface area contributed by atoms with Crippen LogP contribution in [0, 0.1) is 0 Å². The summed E-state index contributed by atoms with van der Waals surface area (Å²) < 4.78 is 10.7. The molecule has 2 aliphatic heterocycles. The zero-order chi connectivity index (χ0) is 22.2. The van der Waals surface area contributed by atoms with Crippen LogP contribution in [-0.2, 0) is 0 Å². The van der Waals surface area contributed by atoms with Crippen molar-refractivity contribution in [2.45, 2.75) is 38.3 Å². The summed E-state index contributed by atoms with van der Waals surface area (Å²) in [5.74, 6) is 2.65. The number of ether oxygens (including phenoxy) is 2. The second-order valence-electron chi connectivity index (χ2n) is 8.91. The second kappa shape index (κ2) is 7.76. The zero-order valence-corrected chi connectivity index (χ0v) is 18.7. The summed E-state index contributed by atoms with van der Waals surface area (Å²) in [6.45, 7) is 7.29. The Morgan fingerprint density at radius 3 is 2.68 bits per heavy atom. The Morgan fingerprint density at radius 1 is 1.19 bits per heavy atom. The highest BCUT2D eigenvalue weighted by Gasteiger charge is 2.47. The Balaban J connectivity index is 1.65. The van der Waals surface area contributed by atoms with Crippen LogP contribution < -0.4 is 20.1 Å². The summed E-state index contributed by atoms with van der Waals surface area (Å²) in [7, 11) is 3.14. The number of hydrogen-bond acceptors (Lipinski definition) is 6. The maximum atomic E-state index is 13.3. The fraction of sp³-hybridized carbons (Fsp3) is 0.435. The number of nitrogens with one attached hydrogen (secondary N) is 2. The number of amidine groups is 1. The molecule has 1 aromatic heterocycles. The van der Waals surface area contributed by atoms with E-state index in [9.17, 15) is 4.79 Å². The molecule has 8 nitrogen and oxygen atoms in total. The van der Waals surface area contributed by atoms with E-state index in [4.69, 9.17) is 14.5 Å². The van der Waals surface area contributed by atoms with Crippen LogP contribution in [0.25, 0.3) is 0 Å². The highest BCUT2D eigenvalue weighted by molar-refractivity contribution is 6.10. The lowest BCUT2D eigenvalue weighted by Crippen LogP contribution is -2.55. The van der Waals surface area contributed by atoms with Crippen molar-refractivity contribution in [1.82, 2.24) is 9.88 Å². The average molecular weight is 424 g/mol. The highest BCUT2D eigenvalue weighted by Crippen LogP contribution is 2.37. The predicted octanol–water partition coefficient (Wildman–Crippen LogP) is 3.42. The molecule has 8 heteroatoms. The van der Waals surface area contributed by atoms with Crippen molar-refractivity contribution >= 4 is 23.2 Å². The Kier molecular flexibility index (Phi) is 5.24. The van der Waals surface area contributed by atoms with E-state index >= 15 is 0 Å². The molecule has 2 N–H and O–H groups in total. The van der Waals surface area contributed by atoms with Crippen molar-refractivity contribution in [2.75, 3.05) is 37.9 Å². The van der Waals surface area contributed by atoms with Gasteiger partial charge in [-0.25, -0.2) is 4.98 Å². The number of benzene rings is 1. The summed E-state index contributed by atoms with van der Waals surface area (Å²) in [4.78, 5) is 24.5. The zero-order valence-electron chi connectivity index (χ0n) is 18.7. The number of amides is 1. The van der Waals surface area contributed by atoms with Crippen LogP contribution in [0.2, 0.25) is 0 Å². The van der Waals surface area contributed by atoms with Gasteiger partial charge in [0, 0.05) is 18.3 Å². The van der Waals surface area contributed by atoms with Crippen LogP contribution in [0.5, 0.6) is 11.5 Å². The minimum absolute atomic E-state index is 0.0493. The molecule has 1 saturated heterocycles. The van der Waals surface area contributed by atoms with E-state index in [1.807, 2.05) is 17.0 Å². The number of aromatic nitrogens is 1. The number of carbonyl (C=O) groups excluding carboxylic acids is 1. The molecule has 164 valence electrons. The van der Waals surface area contributed by atoms with Gasteiger partial charge in [0.15, 0.2) is 17.3 Å². The van der Waals surface area contributed by atoms with Gasteiger partial charge < -0.3 is 25.0 Å². The lowest BCUT2D eigenvalue weighted by molar-refractivity contribution is 0.0789. The standard InChI is InChI=1S/C23H29N5O3/c1-22(2,3)27-21-23(26-16-7-6-11-24-19(16)25-21)10-12-28(14-23)20(29)15-8-9-17(30-4)18(13-15)31-5/h6-9,11,13,26H,10,12,14H2,1-5H3,(H,24,25,27). The van der Waals surface area contributed by atoms with Crippen LogP contribution in [0.15, 0.2) is 41.5 Å². The highest BCUT2D eigenvalue weighted by atomic mass is 16.5. The lowest BCUT2D eigenvalue weighted by atomic mass is 9.93. The number of nitrogens with zero attached hydrogens (tertiary/aromatic N) is 3. The summed E-state index contributed by atoms with van der Waals surface area (Å²) in [6.07, 6.45) is 2.49. The van der Waals surface area contributed by atoms with Gasteiger partial charge in [-0.3, -0.25) is 9.79 Å². The maximum absolute atomic E-state index is 13.3. The Labute approximate surface area is 182 Å². The van der Waals surface area contributed by atoms with Crippen LogP contribution in [-0.4, -0.2) is 60.0 Å². The Bertz CT molecular complexity index is 1030. The van der Waals surface area contributed by atoms with E-state index in [2.05, 4.69) is 36.4 Å². The van der Waals surface area contributed by atoms with Gasteiger partial charge in [-0.15, -0.1) is 0 Å². The summed E-state index contributed by atoms with van der Waals surface area (Å²) in [5, 5.41) is 7.05. The first-order chi connectivity index (χ1) is 14.7. The van der Waals surface area contributed by atoms with Crippen LogP contribution >= 0.6 is 0 Å². The minimum atomic E-state index is -0.491. The number of pyridine rings is 1. The van der Waals surface area contributed by atoms with Crippen LogP contribution in [0.1, 0.15) is 37.6 Å². The third kappa shape index (κ3) is 4.02. The fourth-order valence-electron chi connectivity index (χ4n) is 4.06. The van der Waals surface area contributed by atoms with Crippen LogP contribution in [0.4, 0.5) is 11.5 Å². The van der Waals surface area contributed by atoms with Crippen molar-refractivity contribution in [2.24, 2.45) is 4.99 Å². The molecule has 1 atom stereocenters.